The lowest BCUT2D eigenvalue weighted by Crippen LogP contribution is -1.89. The lowest BCUT2D eigenvalue weighted by molar-refractivity contribution is 0.922. The Bertz CT molecular complexity index is 523. The second kappa shape index (κ2) is 3.79. The smallest absolute Gasteiger partial charge is 0.000718 e. The van der Waals surface area contributed by atoms with Crippen LogP contribution in [0, 0.1) is 6.07 Å². The Morgan fingerprint density at radius 3 is 2.94 bits per heavy atom. The molecule has 1 aliphatic rings. The van der Waals surface area contributed by atoms with Crippen LogP contribution in [-0.4, -0.2) is 0 Å². The van der Waals surface area contributed by atoms with Gasteiger partial charge in [-0.1, -0.05) is 49.7 Å². The van der Waals surface area contributed by atoms with E-state index in [2.05, 4.69) is 49.4 Å². The van der Waals surface area contributed by atoms with Crippen LogP contribution in [-0.2, 0) is 12.8 Å². The standard InChI is InChI=1S/C16H15/c1-2-6-12-8-5-9-14-11-13-7-3-4-10-15(13)16(12)14/h3-5,7-8,10H,2,6,11H2,1H3. The Balaban J connectivity index is 2.21. The van der Waals surface area contributed by atoms with E-state index in [0.29, 0.717) is 0 Å². The van der Waals surface area contributed by atoms with Gasteiger partial charge in [-0.15, -0.1) is 0 Å². The Kier molecular flexibility index (Phi) is 2.28. The van der Waals surface area contributed by atoms with E-state index in [0.717, 1.165) is 6.42 Å². The van der Waals surface area contributed by atoms with E-state index in [9.17, 15) is 0 Å². The third-order valence-electron chi connectivity index (χ3n) is 3.34. The van der Waals surface area contributed by atoms with E-state index >= 15 is 0 Å². The molecule has 2 aromatic carbocycles. The fraction of sp³-hybridized carbons (Fsp3) is 0.250. The van der Waals surface area contributed by atoms with E-state index in [1.807, 2.05) is 0 Å². The van der Waals surface area contributed by atoms with Crippen LogP contribution in [0.1, 0.15) is 30.0 Å². The van der Waals surface area contributed by atoms with Crippen molar-refractivity contribution < 1.29 is 0 Å². The normalized spacial score (nSPS) is 12.3. The highest BCUT2D eigenvalue weighted by Gasteiger charge is 2.19. The SMILES string of the molecule is CCCc1cc[c]c2c1-c1ccccc1C2. The molecule has 0 fully saturated rings. The monoisotopic (exact) mass is 207 g/mol. The van der Waals surface area contributed by atoms with Gasteiger partial charge in [0.25, 0.3) is 0 Å². The summed E-state index contributed by atoms with van der Waals surface area (Å²) < 4.78 is 0. The van der Waals surface area contributed by atoms with E-state index in [1.54, 1.807) is 0 Å². The van der Waals surface area contributed by atoms with Gasteiger partial charge in [0.2, 0.25) is 0 Å². The minimum absolute atomic E-state index is 1.06. The minimum Gasteiger partial charge on any atom is -0.0651 e. The maximum atomic E-state index is 3.39. The summed E-state index contributed by atoms with van der Waals surface area (Å²) in [5.41, 5.74) is 7.21. The fourth-order valence-electron chi connectivity index (χ4n) is 2.65. The zero-order valence-electron chi connectivity index (χ0n) is 9.59. The molecule has 0 bridgehead atoms. The minimum atomic E-state index is 1.06. The van der Waals surface area contributed by atoms with E-state index in [-0.39, 0.29) is 0 Å². The molecule has 0 nitrogen and oxygen atoms in total. The first-order chi connectivity index (χ1) is 7.90. The van der Waals surface area contributed by atoms with Crippen molar-refractivity contribution in [3.05, 3.63) is 59.2 Å². The van der Waals surface area contributed by atoms with Gasteiger partial charge < -0.3 is 0 Å². The first kappa shape index (κ1) is 9.65. The zero-order valence-corrected chi connectivity index (χ0v) is 9.59. The lowest BCUT2D eigenvalue weighted by atomic mass is 9.97. The van der Waals surface area contributed by atoms with Crippen molar-refractivity contribution in [2.75, 3.05) is 0 Å². The van der Waals surface area contributed by atoms with Gasteiger partial charge in [-0.05, 0) is 46.7 Å². The van der Waals surface area contributed by atoms with Crippen molar-refractivity contribution in [1.29, 1.82) is 0 Å². The van der Waals surface area contributed by atoms with E-state index in [1.165, 1.54) is 40.7 Å². The molecule has 3 rings (SSSR count). The Morgan fingerprint density at radius 1 is 1.19 bits per heavy atom. The second-order valence-electron chi connectivity index (χ2n) is 4.44. The molecular formula is C16H15. The predicted octanol–water partition coefficient (Wildman–Crippen LogP) is 4.01. The summed E-state index contributed by atoms with van der Waals surface area (Å²) in [6.07, 6.45) is 3.44. The molecule has 16 heavy (non-hydrogen) atoms. The molecule has 0 saturated carbocycles. The maximum Gasteiger partial charge on any atom is -0.000718 e. The number of rotatable bonds is 2. The Hall–Kier alpha value is -1.56. The van der Waals surface area contributed by atoms with Crippen molar-refractivity contribution in [1.82, 2.24) is 0 Å². The molecule has 1 radical (unpaired) electrons. The van der Waals surface area contributed by atoms with Gasteiger partial charge in [-0.25, -0.2) is 0 Å². The van der Waals surface area contributed by atoms with Crippen molar-refractivity contribution in [3.63, 3.8) is 0 Å². The van der Waals surface area contributed by atoms with Gasteiger partial charge in [0.15, 0.2) is 0 Å². The van der Waals surface area contributed by atoms with Crippen molar-refractivity contribution in [3.8, 4) is 11.1 Å². The van der Waals surface area contributed by atoms with E-state index < -0.39 is 0 Å². The first-order valence-electron chi connectivity index (χ1n) is 6.01. The van der Waals surface area contributed by atoms with E-state index in [4.69, 9.17) is 0 Å². The molecule has 0 heteroatoms. The summed E-state index contributed by atoms with van der Waals surface area (Å²) in [6.45, 7) is 2.24. The molecule has 0 aromatic heterocycles. The molecule has 2 aromatic rings. The Morgan fingerprint density at radius 2 is 2.06 bits per heavy atom. The highest BCUT2D eigenvalue weighted by molar-refractivity contribution is 5.79. The lowest BCUT2D eigenvalue weighted by Gasteiger charge is -2.07. The number of aryl methyl sites for hydroxylation is 1. The molecule has 0 spiro atoms. The van der Waals surface area contributed by atoms with Gasteiger partial charge in [-0.2, -0.15) is 0 Å². The number of fused-ring (bicyclic) bond motifs is 3. The number of hydrogen-bond acceptors (Lipinski definition) is 0. The molecule has 0 aliphatic heterocycles. The molecule has 1 aliphatic carbocycles. The van der Waals surface area contributed by atoms with Crippen LogP contribution in [0.5, 0.6) is 0 Å². The summed E-state index contributed by atoms with van der Waals surface area (Å²) in [5.74, 6) is 0. The first-order valence-corrected chi connectivity index (χ1v) is 6.01. The maximum absolute atomic E-state index is 3.39. The fourth-order valence-corrected chi connectivity index (χ4v) is 2.65. The van der Waals surface area contributed by atoms with Crippen LogP contribution in [0.25, 0.3) is 11.1 Å². The van der Waals surface area contributed by atoms with Crippen molar-refractivity contribution >= 4 is 0 Å². The Labute approximate surface area is 96.9 Å². The van der Waals surface area contributed by atoms with Gasteiger partial charge in [-0.3, -0.25) is 0 Å². The van der Waals surface area contributed by atoms with Crippen LogP contribution in [0.2, 0.25) is 0 Å². The summed E-state index contributed by atoms with van der Waals surface area (Å²) in [5, 5.41) is 0. The average molecular weight is 207 g/mol. The van der Waals surface area contributed by atoms with Gasteiger partial charge in [0.05, 0.1) is 0 Å². The quantitative estimate of drug-likeness (QED) is 0.595. The summed E-state index contributed by atoms with van der Waals surface area (Å²) in [7, 11) is 0. The van der Waals surface area contributed by atoms with Gasteiger partial charge >= 0.3 is 0 Å². The molecule has 0 heterocycles. The largest absolute Gasteiger partial charge is 0.0651 e. The molecular weight excluding hydrogens is 192 g/mol. The van der Waals surface area contributed by atoms with Crippen LogP contribution in [0.15, 0.2) is 36.4 Å². The third kappa shape index (κ3) is 1.37. The van der Waals surface area contributed by atoms with Crippen LogP contribution in [0.3, 0.4) is 0 Å². The van der Waals surface area contributed by atoms with Gasteiger partial charge in [0, 0.05) is 0 Å². The molecule has 0 amide bonds. The topological polar surface area (TPSA) is 0 Å². The highest BCUT2D eigenvalue weighted by Crippen LogP contribution is 2.38. The van der Waals surface area contributed by atoms with Crippen molar-refractivity contribution in [2.24, 2.45) is 0 Å². The summed E-state index contributed by atoms with van der Waals surface area (Å²) in [6, 6.07) is 16.4. The number of hydrogen-bond donors (Lipinski definition) is 0. The van der Waals surface area contributed by atoms with Crippen LogP contribution in [0.4, 0.5) is 0 Å². The molecule has 79 valence electrons. The molecule has 0 atom stereocenters. The van der Waals surface area contributed by atoms with Crippen LogP contribution < -0.4 is 0 Å². The highest BCUT2D eigenvalue weighted by atomic mass is 14.2. The molecule has 0 saturated heterocycles. The van der Waals surface area contributed by atoms with Crippen molar-refractivity contribution in [2.45, 2.75) is 26.2 Å². The molecule has 0 unspecified atom stereocenters. The zero-order chi connectivity index (χ0) is 11.0. The van der Waals surface area contributed by atoms with Gasteiger partial charge in [0.1, 0.15) is 0 Å². The second-order valence-corrected chi connectivity index (χ2v) is 4.44. The summed E-state index contributed by atoms with van der Waals surface area (Å²) >= 11 is 0. The van der Waals surface area contributed by atoms with Crippen LogP contribution >= 0.6 is 0 Å². The third-order valence-corrected chi connectivity index (χ3v) is 3.34. The predicted molar refractivity (Wildman–Crippen MR) is 67.5 cm³/mol. The average Bonchev–Trinajstić information content (AvgIpc) is 2.68. The molecule has 0 N–H and O–H groups in total. The number of benzene rings is 2. The summed E-state index contributed by atoms with van der Waals surface area (Å²) in [4.78, 5) is 0.